The van der Waals surface area contributed by atoms with Gasteiger partial charge < -0.3 is 10.2 Å². The van der Waals surface area contributed by atoms with Gasteiger partial charge >= 0.3 is 0 Å². The standard InChI is InChI=1S/C17H29N3S/c1-5-8-18-17(16-19-15(11-21-16)12(2)3)9-13-6-7-14(10-17)20(13)4/h11-14,18H,5-10H2,1-4H3. The Morgan fingerprint density at radius 1 is 1.38 bits per heavy atom. The van der Waals surface area contributed by atoms with Crippen molar-refractivity contribution in [3.63, 3.8) is 0 Å². The molecule has 4 heteroatoms. The fourth-order valence-corrected chi connectivity index (χ4v) is 5.18. The summed E-state index contributed by atoms with van der Waals surface area (Å²) in [7, 11) is 2.31. The maximum absolute atomic E-state index is 5.02. The molecule has 2 aliphatic rings. The summed E-state index contributed by atoms with van der Waals surface area (Å²) >= 11 is 1.87. The van der Waals surface area contributed by atoms with Crippen LogP contribution >= 0.6 is 11.3 Å². The summed E-state index contributed by atoms with van der Waals surface area (Å²) < 4.78 is 0. The van der Waals surface area contributed by atoms with E-state index in [1.54, 1.807) is 0 Å². The summed E-state index contributed by atoms with van der Waals surface area (Å²) in [4.78, 5) is 7.63. The second kappa shape index (κ2) is 5.98. The minimum atomic E-state index is 0.131. The van der Waals surface area contributed by atoms with E-state index < -0.39 is 0 Å². The van der Waals surface area contributed by atoms with Crippen molar-refractivity contribution in [2.45, 2.75) is 76.4 Å². The van der Waals surface area contributed by atoms with Crippen LogP contribution in [0, 0.1) is 0 Å². The number of rotatable bonds is 5. The lowest BCUT2D eigenvalue weighted by Crippen LogP contribution is -2.54. The Hall–Kier alpha value is -0.450. The summed E-state index contributed by atoms with van der Waals surface area (Å²) in [5, 5.41) is 7.51. The first-order valence-corrected chi connectivity index (χ1v) is 9.36. The Morgan fingerprint density at radius 3 is 2.57 bits per heavy atom. The van der Waals surface area contributed by atoms with Gasteiger partial charge in [0.1, 0.15) is 5.01 Å². The van der Waals surface area contributed by atoms with E-state index >= 15 is 0 Å². The van der Waals surface area contributed by atoms with E-state index in [9.17, 15) is 0 Å². The van der Waals surface area contributed by atoms with Crippen LogP contribution in [0.3, 0.4) is 0 Å². The van der Waals surface area contributed by atoms with E-state index in [1.807, 2.05) is 11.3 Å². The van der Waals surface area contributed by atoms with E-state index in [4.69, 9.17) is 4.98 Å². The van der Waals surface area contributed by atoms with Gasteiger partial charge in [0.25, 0.3) is 0 Å². The first kappa shape index (κ1) is 15.4. The Bertz CT molecular complexity index is 468. The molecule has 0 aromatic carbocycles. The Kier molecular flexibility index (Phi) is 4.40. The molecule has 0 spiro atoms. The lowest BCUT2D eigenvalue weighted by atomic mass is 9.83. The Morgan fingerprint density at radius 2 is 2.05 bits per heavy atom. The summed E-state index contributed by atoms with van der Waals surface area (Å²) in [6.07, 6.45) is 6.36. The smallest absolute Gasteiger partial charge is 0.113 e. The predicted octanol–water partition coefficient (Wildman–Crippen LogP) is 3.72. The van der Waals surface area contributed by atoms with Crippen molar-refractivity contribution in [2.75, 3.05) is 13.6 Å². The molecule has 1 aromatic rings. The highest BCUT2D eigenvalue weighted by Gasteiger charge is 2.48. The van der Waals surface area contributed by atoms with Gasteiger partial charge in [-0.15, -0.1) is 11.3 Å². The van der Waals surface area contributed by atoms with E-state index in [2.05, 4.69) is 43.4 Å². The van der Waals surface area contributed by atoms with Gasteiger partial charge in [0, 0.05) is 17.5 Å². The zero-order valence-electron chi connectivity index (χ0n) is 13.9. The zero-order chi connectivity index (χ0) is 15.0. The summed E-state index contributed by atoms with van der Waals surface area (Å²) in [5.74, 6) is 0.529. The Balaban J connectivity index is 1.90. The molecule has 3 rings (SSSR count). The molecule has 21 heavy (non-hydrogen) atoms. The van der Waals surface area contributed by atoms with Crippen LogP contribution in [0.25, 0.3) is 0 Å². The number of nitrogens with zero attached hydrogens (tertiary/aromatic N) is 2. The molecule has 0 saturated carbocycles. The van der Waals surface area contributed by atoms with Crippen molar-refractivity contribution in [3.05, 3.63) is 16.1 Å². The van der Waals surface area contributed by atoms with Crippen LogP contribution in [-0.2, 0) is 5.54 Å². The third-order valence-electron chi connectivity index (χ3n) is 5.39. The van der Waals surface area contributed by atoms with Gasteiger partial charge in [0.2, 0.25) is 0 Å². The quantitative estimate of drug-likeness (QED) is 0.898. The summed E-state index contributed by atoms with van der Waals surface area (Å²) in [6, 6.07) is 1.47. The molecular formula is C17H29N3S. The average molecular weight is 308 g/mol. The van der Waals surface area contributed by atoms with Crippen LogP contribution in [-0.4, -0.2) is 35.6 Å². The molecule has 2 unspecified atom stereocenters. The summed E-state index contributed by atoms with van der Waals surface area (Å²) in [6.45, 7) is 7.83. The zero-order valence-corrected chi connectivity index (χ0v) is 14.7. The molecule has 2 atom stereocenters. The van der Waals surface area contributed by atoms with Crippen molar-refractivity contribution in [2.24, 2.45) is 0 Å². The maximum atomic E-state index is 5.02. The number of aromatic nitrogens is 1. The van der Waals surface area contributed by atoms with Crippen molar-refractivity contribution in [3.8, 4) is 0 Å². The number of thiazole rings is 1. The fraction of sp³-hybridized carbons (Fsp3) is 0.824. The highest BCUT2D eigenvalue weighted by Crippen LogP contribution is 2.46. The molecule has 0 aliphatic carbocycles. The number of hydrogen-bond donors (Lipinski definition) is 1. The molecule has 2 saturated heterocycles. The van der Waals surface area contributed by atoms with Crippen molar-refractivity contribution in [1.82, 2.24) is 15.2 Å². The van der Waals surface area contributed by atoms with E-state index in [0.717, 1.165) is 18.6 Å². The first-order chi connectivity index (χ1) is 10.1. The van der Waals surface area contributed by atoms with Gasteiger partial charge in [-0.25, -0.2) is 4.98 Å². The third-order valence-corrected chi connectivity index (χ3v) is 6.45. The molecular weight excluding hydrogens is 278 g/mol. The molecule has 118 valence electrons. The predicted molar refractivity (Wildman–Crippen MR) is 90.0 cm³/mol. The molecule has 3 heterocycles. The van der Waals surface area contributed by atoms with Crippen LogP contribution in [0.1, 0.15) is 69.5 Å². The summed E-state index contributed by atoms with van der Waals surface area (Å²) in [5.41, 5.74) is 1.39. The van der Waals surface area contributed by atoms with Crippen LogP contribution in [0.2, 0.25) is 0 Å². The monoisotopic (exact) mass is 307 g/mol. The van der Waals surface area contributed by atoms with Crippen LogP contribution < -0.4 is 5.32 Å². The van der Waals surface area contributed by atoms with Crippen molar-refractivity contribution in [1.29, 1.82) is 0 Å². The molecule has 1 aromatic heterocycles. The minimum absolute atomic E-state index is 0.131. The highest BCUT2D eigenvalue weighted by atomic mass is 32.1. The maximum Gasteiger partial charge on any atom is 0.113 e. The van der Waals surface area contributed by atoms with E-state index in [0.29, 0.717) is 5.92 Å². The number of fused-ring (bicyclic) bond motifs is 2. The fourth-order valence-electron chi connectivity index (χ4n) is 4.00. The van der Waals surface area contributed by atoms with Crippen molar-refractivity contribution < 1.29 is 0 Å². The molecule has 0 radical (unpaired) electrons. The Labute approximate surface area is 133 Å². The minimum Gasteiger partial charge on any atom is -0.305 e. The molecule has 2 bridgehead atoms. The number of hydrogen-bond acceptors (Lipinski definition) is 4. The second-order valence-corrected chi connectivity index (χ2v) is 8.06. The van der Waals surface area contributed by atoms with E-state index in [1.165, 1.54) is 42.8 Å². The van der Waals surface area contributed by atoms with Gasteiger partial charge in [0.05, 0.1) is 11.2 Å². The molecule has 0 amide bonds. The average Bonchev–Trinajstić information content (AvgIpc) is 3.02. The SMILES string of the molecule is CCCNC1(c2nc(C(C)C)cs2)CC2CCC(C1)N2C. The largest absolute Gasteiger partial charge is 0.305 e. The van der Waals surface area contributed by atoms with Gasteiger partial charge in [-0.05, 0) is 51.6 Å². The normalized spacial score (nSPS) is 33.0. The highest BCUT2D eigenvalue weighted by molar-refractivity contribution is 7.09. The molecule has 2 fully saturated rings. The van der Waals surface area contributed by atoms with Gasteiger partial charge in [-0.3, -0.25) is 0 Å². The lowest BCUT2D eigenvalue weighted by molar-refractivity contribution is 0.0887. The third kappa shape index (κ3) is 2.78. The van der Waals surface area contributed by atoms with Crippen molar-refractivity contribution >= 4 is 11.3 Å². The second-order valence-electron chi connectivity index (χ2n) is 7.20. The van der Waals surface area contributed by atoms with Gasteiger partial charge in [-0.1, -0.05) is 20.8 Å². The van der Waals surface area contributed by atoms with Crippen LogP contribution in [0.15, 0.2) is 5.38 Å². The number of piperidine rings is 1. The van der Waals surface area contributed by atoms with Crippen LogP contribution in [0.4, 0.5) is 0 Å². The molecule has 3 nitrogen and oxygen atoms in total. The lowest BCUT2D eigenvalue weighted by Gasteiger charge is -2.45. The topological polar surface area (TPSA) is 28.2 Å². The van der Waals surface area contributed by atoms with E-state index in [-0.39, 0.29) is 5.54 Å². The van der Waals surface area contributed by atoms with Crippen LogP contribution in [0.5, 0.6) is 0 Å². The number of nitrogens with one attached hydrogen (secondary N) is 1. The molecule has 2 aliphatic heterocycles. The molecule has 1 N–H and O–H groups in total. The first-order valence-electron chi connectivity index (χ1n) is 8.48. The van der Waals surface area contributed by atoms with Gasteiger partial charge in [0.15, 0.2) is 0 Å². The van der Waals surface area contributed by atoms with Gasteiger partial charge in [-0.2, -0.15) is 0 Å².